The van der Waals surface area contributed by atoms with Crippen LogP contribution in [0.3, 0.4) is 0 Å². The molecule has 0 saturated heterocycles. The van der Waals surface area contributed by atoms with E-state index >= 15 is 0 Å². The molecule has 0 heterocycles. The fraction of sp³-hybridized carbons (Fsp3) is 0.0714. The summed E-state index contributed by atoms with van der Waals surface area (Å²) in [7, 11) is 0. The summed E-state index contributed by atoms with van der Waals surface area (Å²) in [5.74, 6) is -0.253. The van der Waals surface area contributed by atoms with Crippen LogP contribution in [0.4, 0.5) is 4.79 Å². The summed E-state index contributed by atoms with van der Waals surface area (Å²) in [6, 6.07) is 4.75. The van der Waals surface area contributed by atoms with Crippen LogP contribution in [0.25, 0.3) is 0 Å². The minimum atomic E-state index is -1.07. The fourth-order valence-corrected chi connectivity index (χ4v) is 3.08. The topological polar surface area (TPSA) is 35.5 Å². The van der Waals surface area contributed by atoms with Crippen molar-refractivity contribution < 1.29 is 14.3 Å². The Bertz CT molecular complexity index is 778. The van der Waals surface area contributed by atoms with Gasteiger partial charge in [-0.05, 0) is 17.7 Å². The molecule has 24 heavy (non-hydrogen) atoms. The van der Waals surface area contributed by atoms with E-state index in [1.165, 1.54) is 0 Å². The number of halogens is 7. The monoisotopic (exact) mass is 466 g/mol. The lowest BCUT2D eigenvalue weighted by Gasteiger charge is -2.12. The van der Waals surface area contributed by atoms with Gasteiger partial charge >= 0.3 is 6.16 Å². The van der Waals surface area contributed by atoms with E-state index in [2.05, 4.69) is 0 Å². The Balaban J connectivity index is 2.11. The second-order valence-electron chi connectivity index (χ2n) is 4.29. The zero-order valence-corrected chi connectivity index (χ0v) is 16.6. The normalized spacial score (nSPS) is 10.6. The summed E-state index contributed by atoms with van der Waals surface area (Å²) < 4.78 is 9.90. The number of carbonyl (C=O) groups is 1. The van der Waals surface area contributed by atoms with Gasteiger partial charge in [0.25, 0.3) is 0 Å². The third kappa shape index (κ3) is 4.47. The van der Waals surface area contributed by atoms with Gasteiger partial charge in [-0.15, -0.1) is 0 Å². The van der Waals surface area contributed by atoms with Crippen molar-refractivity contribution in [3.8, 4) is 5.75 Å². The van der Waals surface area contributed by atoms with Gasteiger partial charge in [-0.3, -0.25) is 0 Å². The summed E-state index contributed by atoms with van der Waals surface area (Å²) >= 11 is 41.2. The molecule has 0 aliphatic heterocycles. The molecule has 128 valence electrons. The molecule has 0 saturated carbocycles. The van der Waals surface area contributed by atoms with E-state index in [1.807, 2.05) is 0 Å². The Morgan fingerprint density at radius 3 is 1.88 bits per heavy atom. The predicted octanol–water partition coefficient (Wildman–Crippen LogP) is 7.98. The first-order valence-corrected chi connectivity index (χ1v) is 8.67. The van der Waals surface area contributed by atoms with Gasteiger partial charge in [-0.2, -0.15) is 0 Å². The number of rotatable bonds is 3. The summed E-state index contributed by atoms with van der Waals surface area (Å²) in [6.45, 7) is -0.111. The fourth-order valence-electron chi connectivity index (χ4n) is 1.56. The van der Waals surface area contributed by atoms with Crippen molar-refractivity contribution >= 4 is 87.4 Å². The van der Waals surface area contributed by atoms with Crippen LogP contribution in [-0.4, -0.2) is 6.16 Å². The van der Waals surface area contributed by atoms with Crippen LogP contribution in [0.15, 0.2) is 18.2 Å². The quantitative estimate of drug-likeness (QED) is 0.198. The zero-order chi connectivity index (χ0) is 18.0. The second-order valence-corrected chi connectivity index (χ2v) is 6.99. The molecule has 0 amide bonds. The maximum atomic E-state index is 11.8. The molecular formula is C14H5Cl7O3. The number of hydrogen-bond acceptors (Lipinski definition) is 3. The van der Waals surface area contributed by atoms with Crippen LogP contribution in [-0.2, 0) is 11.3 Å². The minimum absolute atomic E-state index is 0.0511. The van der Waals surface area contributed by atoms with Crippen molar-refractivity contribution in [2.45, 2.75) is 6.61 Å². The molecule has 0 radical (unpaired) electrons. The van der Waals surface area contributed by atoms with E-state index in [1.54, 1.807) is 18.2 Å². The molecule has 0 fully saturated rings. The first-order valence-electron chi connectivity index (χ1n) is 6.02. The zero-order valence-electron chi connectivity index (χ0n) is 11.3. The highest BCUT2D eigenvalue weighted by atomic mass is 35.5. The van der Waals surface area contributed by atoms with Gasteiger partial charge in [-0.25, -0.2) is 4.79 Å². The standard InChI is InChI=1S/C14H5Cl7O3/c15-6-2-1-5(3-7(6)16)4-23-14(22)24-13-11(20)9(18)8(17)10(19)12(13)21/h1-3H,4H2. The highest BCUT2D eigenvalue weighted by Gasteiger charge is 2.23. The van der Waals surface area contributed by atoms with Crippen LogP contribution in [0.5, 0.6) is 5.75 Å². The molecule has 10 heteroatoms. The molecule has 3 nitrogen and oxygen atoms in total. The predicted molar refractivity (Wildman–Crippen MR) is 98.8 cm³/mol. The van der Waals surface area contributed by atoms with Gasteiger partial charge in [-0.1, -0.05) is 87.3 Å². The maximum Gasteiger partial charge on any atom is 0.514 e. The molecule has 0 unspecified atom stereocenters. The number of benzene rings is 2. The SMILES string of the molecule is O=C(OCc1ccc(Cl)c(Cl)c1)Oc1c(Cl)c(Cl)c(Cl)c(Cl)c1Cl. The maximum absolute atomic E-state index is 11.8. The van der Waals surface area contributed by atoms with Crippen molar-refractivity contribution in [1.82, 2.24) is 0 Å². The molecule has 0 bridgehead atoms. The van der Waals surface area contributed by atoms with E-state index in [9.17, 15) is 4.79 Å². The van der Waals surface area contributed by atoms with Crippen LogP contribution in [0, 0.1) is 0 Å². The Labute approximate surface area is 172 Å². The van der Waals surface area contributed by atoms with E-state index in [-0.39, 0.29) is 37.5 Å². The summed E-state index contributed by atoms with van der Waals surface area (Å²) in [5, 5.41) is 0.135. The molecule has 0 spiro atoms. The molecule has 0 aromatic heterocycles. The lowest BCUT2D eigenvalue weighted by Crippen LogP contribution is -2.11. The minimum Gasteiger partial charge on any atom is -0.429 e. The van der Waals surface area contributed by atoms with Gasteiger partial charge in [0.2, 0.25) is 0 Å². The third-order valence-electron chi connectivity index (χ3n) is 2.70. The molecule has 0 aliphatic carbocycles. The van der Waals surface area contributed by atoms with E-state index in [0.29, 0.717) is 15.6 Å². The van der Waals surface area contributed by atoms with Crippen molar-refractivity contribution in [2.75, 3.05) is 0 Å². The van der Waals surface area contributed by atoms with Gasteiger partial charge in [0.05, 0.1) is 25.1 Å². The van der Waals surface area contributed by atoms with Crippen LogP contribution < -0.4 is 4.74 Å². The number of carbonyl (C=O) groups excluding carboxylic acids is 1. The van der Waals surface area contributed by atoms with Crippen LogP contribution in [0.1, 0.15) is 5.56 Å². The van der Waals surface area contributed by atoms with Crippen LogP contribution >= 0.6 is 81.2 Å². The van der Waals surface area contributed by atoms with Crippen molar-refractivity contribution in [3.05, 3.63) is 58.9 Å². The third-order valence-corrected chi connectivity index (χ3v) is 5.68. The lowest BCUT2D eigenvalue weighted by atomic mass is 10.2. The van der Waals surface area contributed by atoms with Gasteiger partial charge in [0, 0.05) is 0 Å². The summed E-state index contributed by atoms with van der Waals surface area (Å²) in [4.78, 5) is 11.8. The van der Waals surface area contributed by atoms with E-state index in [4.69, 9.17) is 90.7 Å². The Kier molecular flexibility index (Phi) is 7.03. The summed E-state index contributed by atoms with van der Waals surface area (Å²) in [5.41, 5.74) is 0.603. The Morgan fingerprint density at radius 2 is 1.33 bits per heavy atom. The van der Waals surface area contributed by atoms with Gasteiger partial charge in [0.15, 0.2) is 5.75 Å². The van der Waals surface area contributed by atoms with E-state index < -0.39 is 6.16 Å². The highest BCUT2D eigenvalue weighted by molar-refractivity contribution is 6.55. The van der Waals surface area contributed by atoms with Crippen LogP contribution in [0.2, 0.25) is 35.2 Å². The molecule has 0 aliphatic rings. The average Bonchev–Trinajstić information content (AvgIpc) is 2.56. The smallest absolute Gasteiger partial charge is 0.429 e. The van der Waals surface area contributed by atoms with Crippen molar-refractivity contribution in [1.29, 1.82) is 0 Å². The van der Waals surface area contributed by atoms with Crippen molar-refractivity contribution in [2.24, 2.45) is 0 Å². The lowest BCUT2D eigenvalue weighted by molar-refractivity contribution is 0.0928. The van der Waals surface area contributed by atoms with Crippen molar-refractivity contribution in [3.63, 3.8) is 0 Å². The molecule has 2 aromatic carbocycles. The molecule has 0 N–H and O–H groups in total. The molecule has 2 rings (SSSR count). The number of hydrogen-bond donors (Lipinski definition) is 0. The Hall–Kier alpha value is -0.260. The largest absolute Gasteiger partial charge is 0.514 e. The highest BCUT2D eigenvalue weighted by Crippen LogP contribution is 2.48. The van der Waals surface area contributed by atoms with E-state index in [0.717, 1.165) is 0 Å². The van der Waals surface area contributed by atoms with Gasteiger partial charge in [0.1, 0.15) is 16.7 Å². The molecule has 2 aromatic rings. The summed E-state index contributed by atoms with van der Waals surface area (Å²) in [6.07, 6.45) is -1.07. The molecular weight excluding hydrogens is 464 g/mol. The van der Waals surface area contributed by atoms with Gasteiger partial charge < -0.3 is 9.47 Å². The number of ether oxygens (including phenoxy) is 2. The first kappa shape index (κ1) is 20.1. The average molecular weight is 469 g/mol. The second kappa shape index (κ2) is 8.41. The first-order chi connectivity index (χ1) is 11.2. The Morgan fingerprint density at radius 1 is 0.792 bits per heavy atom. The molecule has 0 atom stereocenters.